The van der Waals surface area contributed by atoms with Crippen molar-refractivity contribution in [2.24, 2.45) is 0 Å². The van der Waals surface area contributed by atoms with Crippen LogP contribution in [-0.4, -0.2) is 28.7 Å². The fraction of sp³-hybridized carbons (Fsp3) is 0.222. The molecule has 27 heavy (non-hydrogen) atoms. The molecule has 1 aromatic carbocycles. The molecule has 0 aliphatic carbocycles. The third kappa shape index (κ3) is 3.42. The van der Waals surface area contributed by atoms with E-state index in [0.29, 0.717) is 39.2 Å². The summed E-state index contributed by atoms with van der Waals surface area (Å²) < 4.78 is 32.2. The van der Waals surface area contributed by atoms with E-state index in [1.807, 2.05) is 0 Å². The van der Waals surface area contributed by atoms with Crippen LogP contribution in [0.15, 0.2) is 24.3 Å². The van der Waals surface area contributed by atoms with Gasteiger partial charge in [0, 0.05) is 11.1 Å². The Morgan fingerprint density at radius 1 is 1.33 bits per heavy atom. The summed E-state index contributed by atoms with van der Waals surface area (Å²) in [5.41, 5.74) is 1.24. The molecule has 0 saturated carbocycles. The van der Waals surface area contributed by atoms with E-state index >= 15 is 0 Å². The van der Waals surface area contributed by atoms with Gasteiger partial charge in [0.25, 0.3) is 12.3 Å². The fourth-order valence-electron chi connectivity index (χ4n) is 2.97. The lowest BCUT2D eigenvalue weighted by atomic mass is 10.1. The largest absolute Gasteiger partial charge is 0.495 e. The minimum absolute atomic E-state index is 0.124. The molecule has 0 aliphatic heterocycles. The first kappa shape index (κ1) is 19.3. The zero-order valence-electron chi connectivity index (χ0n) is 14.3. The van der Waals surface area contributed by atoms with Gasteiger partial charge >= 0.3 is 5.97 Å². The maximum Gasteiger partial charge on any atom is 0.307 e. The molecule has 0 fully saturated rings. The number of aromatic nitrogens is 1. The monoisotopic (exact) mass is 413 g/mol. The van der Waals surface area contributed by atoms with Gasteiger partial charge in [0.15, 0.2) is 0 Å². The van der Waals surface area contributed by atoms with Crippen molar-refractivity contribution in [3.63, 3.8) is 0 Å². The molecular weight excluding hydrogens is 400 g/mol. The number of hydrogen-bond donors (Lipinski definition) is 1. The number of rotatable bonds is 5. The van der Waals surface area contributed by atoms with Gasteiger partial charge in [-0.25, -0.2) is 8.78 Å². The number of carbonyl (C=O) groups is 2. The average Bonchev–Trinajstić information content (AvgIpc) is 3.18. The zero-order valence-corrected chi connectivity index (χ0v) is 15.8. The van der Waals surface area contributed by atoms with Gasteiger partial charge < -0.3 is 9.84 Å². The first-order valence-electron chi connectivity index (χ1n) is 7.76. The van der Waals surface area contributed by atoms with Crippen LogP contribution in [-0.2, 0) is 11.2 Å². The number of thiophene rings is 1. The maximum absolute atomic E-state index is 13.0. The van der Waals surface area contributed by atoms with Gasteiger partial charge in [0.05, 0.1) is 33.8 Å². The van der Waals surface area contributed by atoms with Gasteiger partial charge in [-0.1, -0.05) is 11.6 Å². The van der Waals surface area contributed by atoms with E-state index in [1.54, 1.807) is 13.0 Å². The number of carbonyl (C=O) groups excluding carboxylic acids is 1. The Morgan fingerprint density at radius 2 is 2.04 bits per heavy atom. The van der Waals surface area contributed by atoms with Gasteiger partial charge in [-0.15, -0.1) is 11.3 Å². The summed E-state index contributed by atoms with van der Waals surface area (Å²) >= 11 is 6.88. The lowest BCUT2D eigenvalue weighted by Gasteiger charge is -2.07. The molecule has 5 nitrogen and oxygen atoms in total. The average molecular weight is 414 g/mol. The Morgan fingerprint density at radius 3 is 2.59 bits per heavy atom. The Labute approximate surface area is 161 Å². The van der Waals surface area contributed by atoms with Gasteiger partial charge in [-0.3, -0.25) is 14.2 Å². The number of benzene rings is 1. The summed E-state index contributed by atoms with van der Waals surface area (Å²) in [7, 11) is 1.43. The van der Waals surface area contributed by atoms with Crippen molar-refractivity contribution in [2.45, 2.75) is 19.8 Å². The SMILES string of the molecule is COc1cc2c(CC(=O)O)c(C)n(C(=O)c3ccc(C(F)F)s3)c2cc1Cl. The Bertz CT molecular complexity index is 1060. The van der Waals surface area contributed by atoms with Crippen molar-refractivity contribution in [2.75, 3.05) is 7.11 Å². The van der Waals surface area contributed by atoms with Crippen molar-refractivity contribution in [1.29, 1.82) is 0 Å². The van der Waals surface area contributed by atoms with Crippen LogP contribution in [0, 0.1) is 6.92 Å². The standard InChI is InChI=1S/C18H14ClF2NO4S/c1-8-9(6-16(23)24)10-5-13(26-2)11(19)7-12(10)22(8)18(25)15-4-3-14(27-15)17(20)21/h3-5,7,17H,6H2,1-2H3,(H,23,24). The number of methoxy groups -OCH3 is 1. The van der Waals surface area contributed by atoms with Gasteiger partial charge in [0.1, 0.15) is 5.75 Å². The highest BCUT2D eigenvalue weighted by Gasteiger charge is 2.24. The number of alkyl halides is 2. The number of fused-ring (bicyclic) bond motifs is 1. The van der Waals surface area contributed by atoms with Gasteiger partial charge in [0.2, 0.25) is 0 Å². The van der Waals surface area contributed by atoms with Crippen molar-refractivity contribution >= 4 is 45.7 Å². The predicted molar refractivity (Wildman–Crippen MR) is 98.6 cm³/mol. The number of ether oxygens (including phenoxy) is 1. The summed E-state index contributed by atoms with van der Waals surface area (Å²) in [6, 6.07) is 5.62. The normalized spacial score (nSPS) is 11.3. The molecule has 3 rings (SSSR count). The second kappa shape index (κ2) is 7.28. The fourth-order valence-corrected chi connectivity index (χ4v) is 4.00. The number of hydrogen-bond acceptors (Lipinski definition) is 4. The molecule has 1 N–H and O–H groups in total. The van der Waals surface area contributed by atoms with E-state index < -0.39 is 18.3 Å². The third-order valence-electron chi connectivity index (χ3n) is 4.19. The van der Waals surface area contributed by atoms with E-state index in [9.17, 15) is 23.5 Å². The number of aliphatic carboxylic acids is 1. The summed E-state index contributed by atoms with van der Waals surface area (Å²) in [5.74, 6) is -1.24. The Balaban J connectivity index is 2.24. The molecule has 142 valence electrons. The van der Waals surface area contributed by atoms with Crippen LogP contribution in [0.3, 0.4) is 0 Å². The Kier molecular flexibility index (Phi) is 5.21. The van der Waals surface area contributed by atoms with Crippen molar-refractivity contribution in [3.05, 3.63) is 50.3 Å². The van der Waals surface area contributed by atoms with Gasteiger partial charge in [-0.05, 0) is 36.8 Å². The summed E-state index contributed by atoms with van der Waals surface area (Å²) in [6.45, 7) is 1.61. The van der Waals surface area contributed by atoms with Crippen LogP contribution < -0.4 is 4.74 Å². The first-order valence-corrected chi connectivity index (χ1v) is 8.95. The molecule has 0 aliphatic rings. The highest BCUT2D eigenvalue weighted by molar-refractivity contribution is 7.14. The van der Waals surface area contributed by atoms with Crippen molar-refractivity contribution in [3.8, 4) is 5.75 Å². The van der Waals surface area contributed by atoms with E-state index in [4.69, 9.17) is 16.3 Å². The zero-order chi connectivity index (χ0) is 19.9. The molecule has 0 amide bonds. The van der Waals surface area contributed by atoms with E-state index in [-0.39, 0.29) is 21.2 Å². The molecule has 9 heteroatoms. The molecular formula is C18H14ClF2NO4S. The topological polar surface area (TPSA) is 68.5 Å². The molecule has 0 saturated heterocycles. The molecule has 0 radical (unpaired) electrons. The molecule has 0 spiro atoms. The van der Waals surface area contributed by atoms with Gasteiger partial charge in [-0.2, -0.15) is 0 Å². The van der Waals surface area contributed by atoms with Crippen molar-refractivity contribution in [1.82, 2.24) is 4.57 Å². The van der Waals surface area contributed by atoms with Crippen molar-refractivity contribution < 1.29 is 28.2 Å². The predicted octanol–water partition coefficient (Wildman–Crippen LogP) is 4.93. The van der Waals surface area contributed by atoms with Crippen LogP contribution in [0.5, 0.6) is 5.75 Å². The van der Waals surface area contributed by atoms with Crippen LogP contribution >= 0.6 is 22.9 Å². The molecule has 2 heterocycles. The quantitative estimate of drug-likeness (QED) is 0.644. The smallest absolute Gasteiger partial charge is 0.307 e. The van der Waals surface area contributed by atoms with E-state index in [0.717, 1.165) is 0 Å². The summed E-state index contributed by atoms with van der Waals surface area (Å²) in [6.07, 6.45) is -2.97. The lowest BCUT2D eigenvalue weighted by Crippen LogP contribution is -2.13. The molecule has 3 aromatic rings. The number of carboxylic acids is 1. The van der Waals surface area contributed by atoms with Crippen LogP contribution in [0.2, 0.25) is 5.02 Å². The van der Waals surface area contributed by atoms with Crippen LogP contribution in [0.4, 0.5) is 8.78 Å². The second-order valence-electron chi connectivity index (χ2n) is 5.78. The number of halogens is 3. The highest BCUT2D eigenvalue weighted by atomic mass is 35.5. The highest BCUT2D eigenvalue weighted by Crippen LogP contribution is 2.36. The number of carboxylic acid groups (broad SMARTS) is 1. The molecule has 2 aromatic heterocycles. The minimum Gasteiger partial charge on any atom is -0.495 e. The summed E-state index contributed by atoms with van der Waals surface area (Å²) in [4.78, 5) is 24.2. The summed E-state index contributed by atoms with van der Waals surface area (Å²) in [5, 5.41) is 9.99. The minimum atomic E-state index is -2.67. The third-order valence-corrected chi connectivity index (χ3v) is 5.57. The Hall–Kier alpha value is -2.45. The number of nitrogens with zero attached hydrogens (tertiary/aromatic N) is 1. The molecule has 0 atom stereocenters. The van der Waals surface area contributed by atoms with Crippen LogP contribution in [0.25, 0.3) is 10.9 Å². The molecule has 0 bridgehead atoms. The second-order valence-corrected chi connectivity index (χ2v) is 7.30. The lowest BCUT2D eigenvalue weighted by molar-refractivity contribution is -0.136. The van der Waals surface area contributed by atoms with E-state index in [1.165, 1.54) is 29.9 Å². The van der Waals surface area contributed by atoms with E-state index in [2.05, 4.69) is 0 Å². The molecule has 0 unspecified atom stereocenters. The first-order chi connectivity index (χ1) is 12.7. The van der Waals surface area contributed by atoms with Crippen LogP contribution in [0.1, 0.15) is 32.2 Å². The maximum atomic E-state index is 13.0.